The number of hydrogen-bond acceptors (Lipinski definition) is 6. The van der Waals surface area contributed by atoms with Gasteiger partial charge in [-0.25, -0.2) is 4.79 Å². The predicted octanol–water partition coefficient (Wildman–Crippen LogP) is 3.20. The fourth-order valence-corrected chi connectivity index (χ4v) is 3.13. The predicted molar refractivity (Wildman–Crippen MR) is 105 cm³/mol. The molecule has 0 amide bonds. The minimum atomic E-state index is -0.641. The van der Waals surface area contributed by atoms with E-state index in [1.165, 1.54) is 14.2 Å². The summed E-state index contributed by atoms with van der Waals surface area (Å²) in [6.07, 6.45) is 0.852. The lowest BCUT2D eigenvalue weighted by Crippen LogP contribution is -2.16. The summed E-state index contributed by atoms with van der Waals surface area (Å²) in [7, 11) is 4.59. The summed E-state index contributed by atoms with van der Waals surface area (Å²) >= 11 is 0. The van der Waals surface area contributed by atoms with E-state index in [4.69, 9.17) is 18.9 Å². The van der Waals surface area contributed by atoms with Crippen molar-refractivity contribution in [2.45, 2.75) is 26.8 Å². The van der Waals surface area contributed by atoms with Gasteiger partial charge in [0.15, 0.2) is 18.1 Å². The van der Waals surface area contributed by atoms with Crippen LogP contribution in [0.1, 0.15) is 38.5 Å². The van der Waals surface area contributed by atoms with Crippen molar-refractivity contribution < 1.29 is 28.5 Å². The van der Waals surface area contributed by atoms with Crippen LogP contribution in [0, 0.1) is 13.8 Å². The summed E-state index contributed by atoms with van der Waals surface area (Å²) in [6.45, 7) is 4.91. The van der Waals surface area contributed by atoms with Crippen molar-refractivity contribution in [2.75, 3.05) is 34.5 Å². The fraction of sp³-hybridized carbons (Fsp3) is 0.429. The van der Waals surface area contributed by atoms with E-state index >= 15 is 0 Å². The monoisotopic (exact) mass is 389 g/mol. The molecule has 0 radical (unpaired) electrons. The highest BCUT2D eigenvalue weighted by Crippen LogP contribution is 2.31. The van der Waals surface area contributed by atoms with E-state index in [9.17, 15) is 9.59 Å². The highest BCUT2D eigenvalue weighted by Gasteiger charge is 2.21. The number of methoxy groups -OCH3 is 3. The zero-order valence-corrected chi connectivity index (χ0v) is 17.0. The summed E-state index contributed by atoms with van der Waals surface area (Å²) in [5.41, 5.74) is 2.60. The maximum atomic E-state index is 12.6. The van der Waals surface area contributed by atoms with Crippen molar-refractivity contribution in [1.29, 1.82) is 0 Å². The number of aromatic nitrogens is 1. The largest absolute Gasteiger partial charge is 0.493 e. The second-order valence-corrected chi connectivity index (χ2v) is 6.32. The molecule has 7 heteroatoms. The van der Waals surface area contributed by atoms with Gasteiger partial charge >= 0.3 is 5.97 Å². The quantitative estimate of drug-likeness (QED) is 0.353. The van der Waals surface area contributed by atoms with Gasteiger partial charge in [0.1, 0.15) is 5.56 Å². The van der Waals surface area contributed by atoms with Crippen LogP contribution in [0.4, 0.5) is 0 Å². The fourth-order valence-electron chi connectivity index (χ4n) is 3.13. The average molecular weight is 389 g/mol. The number of carbonyl (C=O) groups is 2. The zero-order chi connectivity index (χ0) is 20.7. The minimum Gasteiger partial charge on any atom is -0.493 e. The molecular formula is C21H27NO6. The molecule has 1 heterocycles. The molecule has 28 heavy (non-hydrogen) atoms. The van der Waals surface area contributed by atoms with Crippen LogP contribution in [0.15, 0.2) is 24.3 Å². The first kappa shape index (κ1) is 21.5. The molecule has 2 aromatic rings. The molecular weight excluding hydrogens is 362 g/mol. The highest BCUT2D eigenvalue weighted by atomic mass is 16.5. The van der Waals surface area contributed by atoms with Crippen molar-refractivity contribution in [3.8, 4) is 11.5 Å². The molecule has 0 saturated heterocycles. The van der Waals surface area contributed by atoms with E-state index in [0.29, 0.717) is 17.9 Å². The summed E-state index contributed by atoms with van der Waals surface area (Å²) in [4.78, 5) is 25.0. The summed E-state index contributed by atoms with van der Waals surface area (Å²) < 4.78 is 22.8. The van der Waals surface area contributed by atoms with Crippen molar-refractivity contribution in [3.63, 3.8) is 0 Å². The molecule has 0 spiro atoms. The van der Waals surface area contributed by atoms with Gasteiger partial charge in [-0.15, -0.1) is 0 Å². The molecule has 7 nitrogen and oxygen atoms in total. The van der Waals surface area contributed by atoms with Crippen LogP contribution in [0.5, 0.6) is 11.5 Å². The second kappa shape index (κ2) is 9.94. The number of ketones is 1. The van der Waals surface area contributed by atoms with Crippen LogP contribution in [0.2, 0.25) is 0 Å². The first-order chi connectivity index (χ1) is 13.4. The van der Waals surface area contributed by atoms with E-state index in [1.807, 2.05) is 19.9 Å². The van der Waals surface area contributed by atoms with Gasteiger partial charge in [-0.3, -0.25) is 4.79 Å². The standard InChI is InChI=1S/C21H27NO6/c1-14-12-17(15(2)22(14)10-7-11-25-3)18(23)13-28-21(24)16-8-6-9-19(26-4)20(16)27-5/h6,8-9,12H,7,10-11,13H2,1-5H3. The highest BCUT2D eigenvalue weighted by molar-refractivity contribution is 6.01. The third-order valence-electron chi connectivity index (χ3n) is 4.56. The zero-order valence-electron chi connectivity index (χ0n) is 17.0. The molecule has 0 saturated carbocycles. The van der Waals surface area contributed by atoms with Crippen LogP contribution >= 0.6 is 0 Å². The number of para-hydroxylation sites is 1. The molecule has 0 unspecified atom stereocenters. The molecule has 152 valence electrons. The van der Waals surface area contributed by atoms with Crippen LogP contribution in [0.25, 0.3) is 0 Å². The lowest BCUT2D eigenvalue weighted by molar-refractivity contribution is 0.0471. The number of aryl methyl sites for hydroxylation is 1. The molecule has 1 aromatic carbocycles. The van der Waals surface area contributed by atoms with Gasteiger partial charge in [0.2, 0.25) is 5.78 Å². The lowest BCUT2D eigenvalue weighted by Gasteiger charge is -2.12. The number of ether oxygens (including phenoxy) is 4. The van der Waals surface area contributed by atoms with Gasteiger partial charge in [0.05, 0.1) is 14.2 Å². The Bertz CT molecular complexity index is 840. The third-order valence-corrected chi connectivity index (χ3v) is 4.56. The maximum absolute atomic E-state index is 12.6. The van der Waals surface area contributed by atoms with Gasteiger partial charge in [0, 0.05) is 37.2 Å². The number of Topliss-reactive ketones (excluding diaryl/α,β-unsaturated/α-hetero) is 1. The van der Waals surface area contributed by atoms with Crippen molar-refractivity contribution in [2.24, 2.45) is 0 Å². The summed E-state index contributed by atoms with van der Waals surface area (Å²) in [5.74, 6) is -0.194. The normalized spacial score (nSPS) is 10.6. The Hall–Kier alpha value is -2.80. The third kappa shape index (κ3) is 4.72. The molecule has 2 rings (SSSR count). The number of carbonyl (C=O) groups excluding carboxylic acids is 2. The van der Waals surface area contributed by atoms with Crippen LogP contribution in [-0.2, 0) is 16.0 Å². The number of esters is 1. The lowest BCUT2D eigenvalue weighted by atomic mass is 10.1. The first-order valence-electron chi connectivity index (χ1n) is 9.01. The van der Waals surface area contributed by atoms with Gasteiger partial charge < -0.3 is 23.5 Å². The summed E-state index contributed by atoms with van der Waals surface area (Å²) in [6, 6.07) is 6.73. The second-order valence-electron chi connectivity index (χ2n) is 6.32. The van der Waals surface area contributed by atoms with E-state index in [0.717, 1.165) is 24.4 Å². The Labute approximate surface area is 165 Å². The minimum absolute atomic E-state index is 0.208. The number of benzene rings is 1. The van der Waals surface area contributed by atoms with E-state index in [2.05, 4.69) is 4.57 Å². The van der Waals surface area contributed by atoms with E-state index in [-0.39, 0.29) is 23.7 Å². The molecule has 0 N–H and O–H groups in total. The Balaban J connectivity index is 2.09. The van der Waals surface area contributed by atoms with Crippen molar-refractivity contribution in [1.82, 2.24) is 4.57 Å². The molecule has 0 aliphatic rings. The van der Waals surface area contributed by atoms with Gasteiger partial charge in [0.25, 0.3) is 0 Å². The Morgan fingerprint density at radius 1 is 1.04 bits per heavy atom. The topological polar surface area (TPSA) is 76.0 Å². The van der Waals surface area contributed by atoms with E-state index in [1.54, 1.807) is 25.3 Å². The average Bonchev–Trinajstić information content (AvgIpc) is 2.99. The van der Waals surface area contributed by atoms with Crippen LogP contribution in [0.3, 0.4) is 0 Å². The van der Waals surface area contributed by atoms with Gasteiger partial charge in [-0.2, -0.15) is 0 Å². The van der Waals surface area contributed by atoms with E-state index < -0.39 is 5.97 Å². The Morgan fingerprint density at radius 3 is 2.43 bits per heavy atom. The molecule has 0 bridgehead atoms. The molecule has 1 aromatic heterocycles. The van der Waals surface area contributed by atoms with Crippen LogP contribution in [-0.4, -0.2) is 50.9 Å². The molecule has 0 fully saturated rings. The van der Waals surface area contributed by atoms with Gasteiger partial charge in [-0.1, -0.05) is 6.07 Å². The Morgan fingerprint density at radius 2 is 1.79 bits per heavy atom. The maximum Gasteiger partial charge on any atom is 0.342 e. The SMILES string of the molecule is COCCCn1c(C)cc(C(=O)COC(=O)c2cccc(OC)c2OC)c1C. The Kier molecular flexibility index (Phi) is 7.63. The molecule has 0 atom stereocenters. The molecule has 0 aliphatic heterocycles. The number of rotatable bonds is 10. The van der Waals surface area contributed by atoms with Crippen molar-refractivity contribution >= 4 is 11.8 Å². The van der Waals surface area contributed by atoms with Gasteiger partial charge in [-0.05, 0) is 38.5 Å². The first-order valence-corrected chi connectivity index (χ1v) is 9.01. The smallest absolute Gasteiger partial charge is 0.342 e. The van der Waals surface area contributed by atoms with Crippen LogP contribution < -0.4 is 9.47 Å². The molecule has 0 aliphatic carbocycles. The summed E-state index contributed by atoms with van der Waals surface area (Å²) in [5, 5.41) is 0. The number of nitrogens with zero attached hydrogens (tertiary/aromatic N) is 1. The van der Waals surface area contributed by atoms with Crippen molar-refractivity contribution in [3.05, 3.63) is 46.8 Å². The number of hydrogen-bond donors (Lipinski definition) is 0.